The lowest BCUT2D eigenvalue weighted by Gasteiger charge is -2.18. The van der Waals surface area contributed by atoms with Crippen LogP contribution in [0.2, 0.25) is 10.0 Å². The Hall–Kier alpha value is -3.25. The smallest absolute Gasteiger partial charge is 0.257 e. The monoisotopic (exact) mass is 534 g/mol. The number of amides is 2. The Morgan fingerprint density at radius 1 is 0.750 bits per heavy atom. The van der Waals surface area contributed by atoms with Crippen molar-refractivity contribution in [3.63, 3.8) is 0 Å². The molecule has 1 atom stereocenters. The van der Waals surface area contributed by atoms with E-state index in [1.807, 2.05) is 68.4 Å². The average molecular weight is 535 g/mol. The van der Waals surface area contributed by atoms with Gasteiger partial charge in [0.1, 0.15) is 5.25 Å². The van der Waals surface area contributed by atoms with E-state index in [0.717, 1.165) is 27.3 Å². The molecule has 0 aliphatic heterocycles. The van der Waals surface area contributed by atoms with Gasteiger partial charge in [0.05, 0.1) is 10.6 Å². The quantitative estimate of drug-likeness (QED) is 0.234. The van der Waals surface area contributed by atoms with Crippen LogP contribution in [0.5, 0.6) is 0 Å². The number of thioether (sulfide) groups is 1. The van der Waals surface area contributed by atoms with Crippen LogP contribution in [-0.4, -0.2) is 11.8 Å². The van der Waals surface area contributed by atoms with E-state index in [2.05, 4.69) is 16.7 Å². The number of carbonyl (C=O) groups excluding carboxylic acids is 2. The lowest BCUT2D eigenvalue weighted by atomic mass is 10.1. The van der Waals surface area contributed by atoms with Gasteiger partial charge in [-0.25, -0.2) is 0 Å². The second-order valence-electron chi connectivity index (χ2n) is 8.38. The standard InChI is InChI=1S/C29H24Cl2N2O2S/c1-18-14-19(2)16-23(15-18)33-29(35)27(20-6-4-3-5-7-20)36-24-11-9-22(10-12-24)32-28(34)25-13-8-21(30)17-26(25)31/h3-17,27H,1-2H3,(H,32,34)(H,33,35). The zero-order valence-electron chi connectivity index (χ0n) is 19.7. The molecule has 0 aromatic heterocycles. The van der Waals surface area contributed by atoms with Crippen molar-refractivity contribution in [1.29, 1.82) is 0 Å². The first-order valence-corrected chi connectivity index (χ1v) is 12.9. The predicted octanol–water partition coefficient (Wildman–Crippen LogP) is 8.33. The van der Waals surface area contributed by atoms with E-state index in [1.54, 1.807) is 24.3 Å². The molecule has 4 rings (SSSR count). The number of benzene rings is 4. The maximum atomic E-state index is 13.4. The molecule has 0 saturated heterocycles. The number of halogens is 2. The highest BCUT2D eigenvalue weighted by Gasteiger charge is 2.22. The van der Waals surface area contributed by atoms with Crippen LogP contribution in [0.4, 0.5) is 11.4 Å². The zero-order chi connectivity index (χ0) is 25.7. The fraction of sp³-hybridized carbons (Fsp3) is 0.103. The molecule has 1 unspecified atom stereocenters. The molecule has 0 spiro atoms. The zero-order valence-corrected chi connectivity index (χ0v) is 22.0. The molecule has 7 heteroatoms. The van der Waals surface area contributed by atoms with Gasteiger partial charge in [-0.05, 0) is 85.1 Å². The maximum absolute atomic E-state index is 13.4. The first kappa shape index (κ1) is 25.8. The largest absolute Gasteiger partial charge is 0.325 e. The molecular weight excluding hydrogens is 511 g/mol. The summed E-state index contributed by atoms with van der Waals surface area (Å²) in [7, 11) is 0. The van der Waals surface area contributed by atoms with Crippen molar-refractivity contribution in [2.75, 3.05) is 10.6 Å². The molecule has 0 saturated carbocycles. The minimum atomic E-state index is -0.458. The van der Waals surface area contributed by atoms with Gasteiger partial charge in [0.15, 0.2) is 0 Å². The number of nitrogens with one attached hydrogen (secondary N) is 2. The maximum Gasteiger partial charge on any atom is 0.257 e. The summed E-state index contributed by atoms with van der Waals surface area (Å²) in [5, 5.41) is 6.20. The van der Waals surface area contributed by atoms with E-state index >= 15 is 0 Å². The van der Waals surface area contributed by atoms with Crippen molar-refractivity contribution in [3.05, 3.63) is 123 Å². The number of carbonyl (C=O) groups is 2. The molecule has 2 amide bonds. The number of hydrogen-bond acceptors (Lipinski definition) is 3. The van der Waals surface area contributed by atoms with Gasteiger partial charge in [-0.3, -0.25) is 9.59 Å². The third-order valence-electron chi connectivity index (χ3n) is 5.37. The Kier molecular flexibility index (Phi) is 8.36. The molecule has 2 N–H and O–H groups in total. The van der Waals surface area contributed by atoms with E-state index < -0.39 is 5.25 Å². The van der Waals surface area contributed by atoms with Gasteiger partial charge < -0.3 is 10.6 Å². The number of rotatable bonds is 7. The van der Waals surface area contributed by atoms with Gasteiger partial charge in [0, 0.05) is 21.3 Å². The van der Waals surface area contributed by atoms with E-state index in [4.69, 9.17) is 23.2 Å². The molecule has 4 aromatic rings. The molecule has 0 aliphatic carbocycles. The van der Waals surface area contributed by atoms with Crippen LogP contribution < -0.4 is 10.6 Å². The summed E-state index contributed by atoms with van der Waals surface area (Å²) in [6, 6.07) is 27.8. The summed E-state index contributed by atoms with van der Waals surface area (Å²) in [4.78, 5) is 26.9. The highest BCUT2D eigenvalue weighted by Crippen LogP contribution is 2.37. The first-order valence-electron chi connectivity index (χ1n) is 11.3. The van der Waals surface area contributed by atoms with Crippen molar-refractivity contribution < 1.29 is 9.59 Å². The van der Waals surface area contributed by atoms with Gasteiger partial charge in [-0.2, -0.15) is 0 Å². The van der Waals surface area contributed by atoms with Crippen molar-refractivity contribution in [2.24, 2.45) is 0 Å². The summed E-state index contributed by atoms with van der Waals surface area (Å²) in [6.45, 7) is 4.01. The Labute approximate surface area is 225 Å². The summed E-state index contributed by atoms with van der Waals surface area (Å²) < 4.78 is 0. The molecule has 4 aromatic carbocycles. The average Bonchev–Trinajstić information content (AvgIpc) is 2.83. The molecule has 0 heterocycles. The minimum absolute atomic E-state index is 0.106. The summed E-state index contributed by atoms with van der Waals surface area (Å²) >= 11 is 13.5. The van der Waals surface area contributed by atoms with E-state index in [9.17, 15) is 9.59 Å². The molecule has 0 bridgehead atoms. The third kappa shape index (κ3) is 6.70. The van der Waals surface area contributed by atoms with Crippen LogP contribution in [-0.2, 0) is 4.79 Å². The SMILES string of the molecule is Cc1cc(C)cc(NC(=O)C(Sc2ccc(NC(=O)c3ccc(Cl)cc3Cl)cc2)c2ccccc2)c1. The molecule has 36 heavy (non-hydrogen) atoms. The Balaban J connectivity index is 1.50. The predicted molar refractivity (Wildman–Crippen MR) is 150 cm³/mol. The Morgan fingerprint density at radius 3 is 2.06 bits per heavy atom. The van der Waals surface area contributed by atoms with Crippen LogP contribution in [0, 0.1) is 13.8 Å². The van der Waals surface area contributed by atoms with Crippen LogP contribution in [0.3, 0.4) is 0 Å². The molecular formula is C29H24Cl2N2O2S. The van der Waals surface area contributed by atoms with Gasteiger partial charge in [0.2, 0.25) is 5.91 Å². The van der Waals surface area contributed by atoms with Crippen LogP contribution in [0.25, 0.3) is 0 Å². The third-order valence-corrected chi connectivity index (χ3v) is 7.19. The normalized spacial score (nSPS) is 11.6. The van der Waals surface area contributed by atoms with E-state index in [1.165, 1.54) is 17.8 Å². The summed E-state index contributed by atoms with van der Waals surface area (Å²) in [5.41, 5.74) is 4.81. The second-order valence-corrected chi connectivity index (χ2v) is 10.4. The van der Waals surface area contributed by atoms with Crippen molar-refractivity contribution in [1.82, 2.24) is 0 Å². The summed E-state index contributed by atoms with van der Waals surface area (Å²) in [5.74, 6) is -0.432. The molecule has 0 radical (unpaired) electrons. The van der Waals surface area contributed by atoms with Crippen molar-refractivity contribution in [3.8, 4) is 0 Å². The fourth-order valence-electron chi connectivity index (χ4n) is 3.78. The fourth-order valence-corrected chi connectivity index (χ4v) is 5.30. The lowest BCUT2D eigenvalue weighted by Crippen LogP contribution is -2.19. The van der Waals surface area contributed by atoms with Gasteiger partial charge >= 0.3 is 0 Å². The molecule has 0 aliphatic rings. The number of anilines is 2. The van der Waals surface area contributed by atoms with Gasteiger partial charge in [-0.15, -0.1) is 11.8 Å². The number of aryl methyl sites for hydroxylation is 2. The van der Waals surface area contributed by atoms with Gasteiger partial charge in [-0.1, -0.05) is 59.6 Å². The highest BCUT2D eigenvalue weighted by atomic mass is 35.5. The minimum Gasteiger partial charge on any atom is -0.325 e. The van der Waals surface area contributed by atoms with E-state index in [0.29, 0.717) is 16.3 Å². The lowest BCUT2D eigenvalue weighted by molar-refractivity contribution is -0.115. The Bertz CT molecular complexity index is 1370. The topological polar surface area (TPSA) is 58.2 Å². The van der Waals surface area contributed by atoms with E-state index in [-0.39, 0.29) is 16.8 Å². The van der Waals surface area contributed by atoms with Crippen LogP contribution in [0.1, 0.15) is 32.3 Å². The van der Waals surface area contributed by atoms with Crippen molar-refractivity contribution in [2.45, 2.75) is 24.0 Å². The van der Waals surface area contributed by atoms with Crippen LogP contribution in [0.15, 0.2) is 95.9 Å². The number of hydrogen-bond donors (Lipinski definition) is 2. The van der Waals surface area contributed by atoms with Gasteiger partial charge in [0.25, 0.3) is 5.91 Å². The van der Waals surface area contributed by atoms with Crippen LogP contribution >= 0.6 is 35.0 Å². The summed E-state index contributed by atoms with van der Waals surface area (Å²) in [6.07, 6.45) is 0. The highest BCUT2D eigenvalue weighted by molar-refractivity contribution is 8.00. The first-order chi connectivity index (χ1) is 17.3. The molecule has 0 fully saturated rings. The molecule has 182 valence electrons. The second kappa shape index (κ2) is 11.7. The Morgan fingerprint density at radius 2 is 1.42 bits per heavy atom. The van der Waals surface area contributed by atoms with Crippen molar-refractivity contribution >= 4 is 58.2 Å². The molecule has 4 nitrogen and oxygen atoms in total.